The SMILES string of the molecule is C[C@H](Sc1ccccc1)C(=O)NC[C@H](c1ccco1)N1CCCCC1. The molecule has 2 heterocycles. The average Bonchev–Trinajstić information content (AvgIpc) is 3.18. The van der Waals surface area contributed by atoms with Crippen LogP contribution in [-0.2, 0) is 4.79 Å². The Hall–Kier alpha value is -1.72. The summed E-state index contributed by atoms with van der Waals surface area (Å²) in [6.45, 7) is 4.67. The zero-order chi connectivity index (χ0) is 17.5. The number of nitrogens with zero attached hydrogens (tertiary/aromatic N) is 1. The fourth-order valence-electron chi connectivity index (χ4n) is 3.22. The Morgan fingerprint density at radius 2 is 1.92 bits per heavy atom. The average molecular weight is 359 g/mol. The van der Waals surface area contributed by atoms with E-state index in [1.807, 2.05) is 49.4 Å². The predicted molar refractivity (Wildman–Crippen MR) is 102 cm³/mol. The highest BCUT2D eigenvalue weighted by atomic mass is 32.2. The fraction of sp³-hybridized carbons (Fsp3) is 0.450. The van der Waals surface area contributed by atoms with Gasteiger partial charge in [-0.05, 0) is 57.1 Å². The highest BCUT2D eigenvalue weighted by molar-refractivity contribution is 8.00. The second-order valence-electron chi connectivity index (χ2n) is 6.45. The third kappa shape index (κ3) is 5.13. The molecule has 3 rings (SSSR count). The largest absolute Gasteiger partial charge is 0.468 e. The number of carbonyl (C=O) groups excluding carboxylic acids is 1. The first-order chi connectivity index (χ1) is 12.2. The summed E-state index contributed by atoms with van der Waals surface area (Å²) in [5.74, 6) is 1.01. The Morgan fingerprint density at radius 1 is 1.16 bits per heavy atom. The number of thioether (sulfide) groups is 1. The molecule has 1 aromatic heterocycles. The standard InChI is InChI=1S/C20H26N2O2S/c1-16(25-17-9-4-2-5-10-17)20(23)21-15-18(19-11-8-14-24-19)22-12-6-3-7-13-22/h2,4-5,8-11,14,16,18H,3,6-7,12-13,15H2,1H3,(H,21,23)/t16-,18+/m0/s1. The summed E-state index contributed by atoms with van der Waals surface area (Å²) >= 11 is 1.59. The van der Waals surface area contributed by atoms with Gasteiger partial charge >= 0.3 is 0 Å². The van der Waals surface area contributed by atoms with E-state index in [4.69, 9.17) is 4.42 Å². The van der Waals surface area contributed by atoms with Gasteiger partial charge in [-0.2, -0.15) is 0 Å². The van der Waals surface area contributed by atoms with E-state index in [2.05, 4.69) is 10.2 Å². The lowest BCUT2D eigenvalue weighted by Crippen LogP contribution is -2.42. The molecule has 1 aromatic carbocycles. The number of amides is 1. The number of carbonyl (C=O) groups is 1. The smallest absolute Gasteiger partial charge is 0.233 e. The van der Waals surface area contributed by atoms with Crippen molar-refractivity contribution in [2.24, 2.45) is 0 Å². The summed E-state index contributed by atoms with van der Waals surface area (Å²) in [4.78, 5) is 16.1. The number of likely N-dealkylation sites (tertiary alicyclic amines) is 1. The lowest BCUT2D eigenvalue weighted by molar-refractivity contribution is -0.120. The minimum atomic E-state index is -0.124. The Labute approximate surface area is 154 Å². The van der Waals surface area contributed by atoms with Crippen LogP contribution in [0.1, 0.15) is 38.0 Å². The second kappa shape index (κ2) is 9.11. The van der Waals surface area contributed by atoms with E-state index >= 15 is 0 Å². The molecule has 134 valence electrons. The normalized spacial score (nSPS) is 17.8. The zero-order valence-electron chi connectivity index (χ0n) is 14.7. The Bertz CT molecular complexity index is 639. The summed E-state index contributed by atoms with van der Waals surface area (Å²) in [6.07, 6.45) is 5.43. The van der Waals surface area contributed by atoms with Crippen LogP contribution < -0.4 is 5.32 Å². The summed E-state index contributed by atoms with van der Waals surface area (Å²) < 4.78 is 5.64. The molecule has 0 spiro atoms. The van der Waals surface area contributed by atoms with Crippen LogP contribution in [0.25, 0.3) is 0 Å². The van der Waals surface area contributed by atoms with Gasteiger partial charge in [0.15, 0.2) is 0 Å². The van der Waals surface area contributed by atoms with Crippen LogP contribution in [0.15, 0.2) is 58.0 Å². The van der Waals surface area contributed by atoms with E-state index in [9.17, 15) is 4.79 Å². The number of furan rings is 1. The van der Waals surface area contributed by atoms with Crippen molar-refractivity contribution in [1.29, 1.82) is 0 Å². The van der Waals surface area contributed by atoms with Crippen LogP contribution in [0.4, 0.5) is 0 Å². The molecule has 1 fully saturated rings. The highest BCUT2D eigenvalue weighted by Crippen LogP contribution is 2.26. The van der Waals surface area contributed by atoms with Gasteiger partial charge in [-0.15, -0.1) is 11.8 Å². The van der Waals surface area contributed by atoms with Crippen LogP contribution in [0.5, 0.6) is 0 Å². The van der Waals surface area contributed by atoms with Crippen LogP contribution in [0.2, 0.25) is 0 Å². The predicted octanol–water partition coefficient (Wildman–Crippen LogP) is 4.10. The molecule has 2 aromatic rings. The maximum Gasteiger partial charge on any atom is 0.233 e. The van der Waals surface area contributed by atoms with E-state index in [0.717, 1.165) is 23.7 Å². The molecule has 0 bridgehead atoms. The van der Waals surface area contributed by atoms with E-state index in [1.54, 1.807) is 18.0 Å². The fourth-order valence-corrected chi connectivity index (χ4v) is 4.13. The molecule has 4 nitrogen and oxygen atoms in total. The minimum Gasteiger partial charge on any atom is -0.468 e. The molecule has 0 radical (unpaired) electrons. The third-order valence-electron chi connectivity index (χ3n) is 4.60. The first-order valence-corrected chi connectivity index (χ1v) is 9.89. The molecule has 1 amide bonds. The van der Waals surface area contributed by atoms with Crippen molar-refractivity contribution >= 4 is 17.7 Å². The Balaban J connectivity index is 1.57. The van der Waals surface area contributed by atoms with Crippen LogP contribution in [-0.4, -0.2) is 35.7 Å². The quantitative estimate of drug-likeness (QED) is 0.757. The summed E-state index contributed by atoms with van der Waals surface area (Å²) in [5, 5.41) is 3.00. The molecule has 5 heteroatoms. The molecule has 1 saturated heterocycles. The van der Waals surface area contributed by atoms with Gasteiger partial charge in [0.05, 0.1) is 17.6 Å². The van der Waals surface area contributed by atoms with Gasteiger partial charge in [0.2, 0.25) is 5.91 Å². The van der Waals surface area contributed by atoms with Crippen LogP contribution >= 0.6 is 11.8 Å². The molecule has 1 aliphatic rings. The molecule has 0 aliphatic carbocycles. The van der Waals surface area contributed by atoms with Crippen molar-refractivity contribution < 1.29 is 9.21 Å². The number of piperidine rings is 1. The third-order valence-corrected chi connectivity index (χ3v) is 5.71. The van der Waals surface area contributed by atoms with Crippen LogP contribution in [0.3, 0.4) is 0 Å². The topological polar surface area (TPSA) is 45.5 Å². The molecular formula is C20H26N2O2S. The van der Waals surface area contributed by atoms with Gasteiger partial charge in [0, 0.05) is 11.4 Å². The summed E-state index contributed by atoms with van der Waals surface area (Å²) in [6, 6.07) is 14.1. The van der Waals surface area contributed by atoms with E-state index in [0.29, 0.717) is 6.54 Å². The van der Waals surface area contributed by atoms with Crippen molar-refractivity contribution in [2.75, 3.05) is 19.6 Å². The number of nitrogens with one attached hydrogen (secondary N) is 1. The minimum absolute atomic E-state index is 0.0717. The number of rotatable bonds is 7. The molecule has 1 aliphatic heterocycles. The zero-order valence-corrected chi connectivity index (χ0v) is 15.5. The maximum absolute atomic E-state index is 12.5. The molecule has 0 saturated carbocycles. The molecule has 25 heavy (non-hydrogen) atoms. The molecule has 2 atom stereocenters. The van der Waals surface area contributed by atoms with E-state index in [1.165, 1.54) is 19.3 Å². The molecule has 0 unspecified atom stereocenters. The summed E-state index contributed by atoms with van der Waals surface area (Å²) in [7, 11) is 0. The van der Waals surface area contributed by atoms with Crippen molar-refractivity contribution in [2.45, 2.75) is 42.4 Å². The Kier molecular flexibility index (Phi) is 6.59. The number of benzene rings is 1. The lowest BCUT2D eigenvalue weighted by Gasteiger charge is -2.33. The van der Waals surface area contributed by atoms with Gasteiger partial charge in [-0.3, -0.25) is 9.69 Å². The second-order valence-corrected chi connectivity index (χ2v) is 7.86. The summed E-state index contributed by atoms with van der Waals surface area (Å²) in [5.41, 5.74) is 0. The van der Waals surface area contributed by atoms with Crippen molar-refractivity contribution in [3.05, 3.63) is 54.5 Å². The van der Waals surface area contributed by atoms with Crippen molar-refractivity contribution in [3.8, 4) is 0 Å². The van der Waals surface area contributed by atoms with Gasteiger partial charge in [0.1, 0.15) is 5.76 Å². The van der Waals surface area contributed by atoms with E-state index in [-0.39, 0.29) is 17.2 Å². The first-order valence-electron chi connectivity index (χ1n) is 9.01. The lowest BCUT2D eigenvalue weighted by atomic mass is 10.1. The molecule has 1 N–H and O–H groups in total. The van der Waals surface area contributed by atoms with Crippen molar-refractivity contribution in [3.63, 3.8) is 0 Å². The van der Waals surface area contributed by atoms with Gasteiger partial charge in [-0.25, -0.2) is 0 Å². The molecular weight excluding hydrogens is 332 g/mol. The van der Waals surface area contributed by atoms with E-state index < -0.39 is 0 Å². The number of hydrogen-bond acceptors (Lipinski definition) is 4. The number of hydrogen-bond donors (Lipinski definition) is 1. The maximum atomic E-state index is 12.5. The van der Waals surface area contributed by atoms with Crippen LogP contribution in [0, 0.1) is 0 Å². The van der Waals surface area contributed by atoms with Gasteiger partial charge in [0.25, 0.3) is 0 Å². The first kappa shape index (κ1) is 18.1. The Morgan fingerprint density at radius 3 is 2.60 bits per heavy atom. The highest BCUT2D eigenvalue weighted by Gasteiger charge is 2.25. The van der Waals surface area contributed by atoms with Gasteiger partial charge in [-0.1, -0.05) is 24.6 Å². The van der Waals surface area contributed by atoms with Crippen molar-refractivity contribution in [1.82, 2.24) is 10.2 Å². The monoisotopic (exact) mass is 358 g/mol. The van der Waals surface area contributed by atoms with Gasteiger partial charge < -0.3 is 9.73 Å².